The zero-order valence-corrected chi connectivity index (χ0v) is 9.11. The number of carbonyl (C=O) groups excluding carboxylic acids is 1. The van der Waals surface area contributed by atoms with E-state index in [2.05, 4.69) is 0 Å². The number of aliphatic hydroxyl groups is 1. The number of nitrogens with zero attached hydrogens (tertiary/aromatic N) is 1. The first kappa shape index (κ1) is 10.5. The van der Waals surface area contributed by atoms with Crippen LogP contribution in [0.3, 0.4) is 0 Å². The highest BCUT2D eigenvalue weighted by Crippen LogP contribution is 2.23. The highest BCUT2D eigenvalue weighted by molar-refractivity contribution is 7.99. The van der Waals surface area contributed by atoms with Gasteiger partial charge in [0.05, 0.1) is 5.88 Å². The van der Waals surface area contributed by atoms with Crippen molar-refractivity contribution in [1.82, 2.24) is 4.90 Å². The van der Waals surface area contributed by atoms with Gasteiger partial charge in [-0.2, -0.15) is 0 Å². The summed E-state index contributed by atoms with van der Waals surface area (Å²) in [5, 5.41) is 9.53. The second-order valence-electron chi connectivity index (χ2n) is 3.47. The lowest BCUT2D eigenvalue weighted by atomic mass is 10.4. The number of thioether (sulfide) groups is 1. The van der Waals surface area contributed by atoms with Crippen LogP contribution in [0.15, 0.2) is 35.2 Å². The average Bonchev–Trinajstić information content (AvgIpc) is 2.58. The van der Waals surface area contributed by atoms with Crippen molar-refractivity contribution in [2.45, 2.75) is 24.0 Å². The van der Waals surface area contributed by atoms with Crippen LogP contribution in [0.2, 0.25) is 0 Å². The van der Waals surface area contributed by atoms with Crippen molar-refractivity contribution >= 4 is 17.7 Å². The molecule has 0 aliphatic carbocycles. The van der Waals surface area contributed by atoms with Crippen molar-refractivity contribution in [2.75, 3.05) is 5.88 Å². The average molecular weight is 223 g/mol. The molecule has 1 saturated heterocycles. The fraction of sp³-hybridized carbons (Fsp3) is 0.364. The third kappa shape index (κ3) is 2.52. The van der Waals surface area contributed by atoms with Gasteiger partial charge in [-0.25, -0.2) is 0 Å². The van der Waals surface area contributed by atoms with E-state index in [1.165, 1.54) is 4.90 Å². The topological polar surface area (TPSA) is 40.5 Å². The van der Waals surface area contributed by atoms with Crippen LogP contribution >= 0.6 is 11.8 Å². The molecule has 0 radical (unpaired) electrons. The number of hydrogen-bond donors (Lipinski definition) is 1. The highest BCUT2D eigenvalue weighted by atomic mass is 32.2. The van der Waals surface area contributed by atoms with Gasteiger partial charge < -0.3 is 10.0 Å². The summed E-state index contributed by atoms with van der Waals surface area (Å²) < 4.78 is 0. The van der Waals surface area contributed by atoms with E-state index in [1.54, 1.807) is 11.8 Å². The minimum atomic E-state index is -0.589. The second kappa shape index (κ2) is 4.68. The van der Waals surface area contributed by atoms with Gasteiger partial charge in [-0.05, 0) is 12.1 Å². The van der Waals surface area contributed by atoms with Gasteiger partial charge in [-0.3, -0.25) is 4.79 Å². The van der Waals surface area contributed by atoms with Crippen LogP contribution < -0.4 is 0 Å². The molecule has 1 aromatic rings. The van der Waals surface area contributed by atoms with Gasteiger partial charge in [0.1, 0.15) is 6.23 Å². The maximum Gasteiger partial charge on any atom is 0.225 e. The quantitative estimate of drug-likeness (QED) is 0.792. The van der Waals surface area contributed by atoms with Gasteiger partial charge in [0.25, 0.3) is 0 Å². The van der Waals surface area contributed by atoms with E-state index in [9.17, 15) is 9.90 Å². The Balaban J connectivity index is 1.91. The predicted molar refractivity (Wildman–Crippen MR) is 59.3 cm³/mol. The molecule has 1 unspecified atom stereocenters. The molecule has 4 heteroatoms. The normalized spacial score (nSPS) is 21.0. The molecule has 1 aliphatic rings. The number of benzene rings is 1. The van der Waals surface area contributed by atoms with E-state index < -0.39 is 6.23 Å². The SMILES string of the molecule is O=C1CCC(O)N1CSc1ccccc1. The summed E-state index contributed by atoms with van der Waals surface area (Å²) in [7, 11) is 0. The lowest BCUT2D eigenvalue weighted by Crippen LogP contribution is -2.32. The van der Waals surface area contributed by atoms with Gasteiger partial charge in [0, 0.05) is 17.7 Å². The summed E-state index contributed by atoms with van der Waals surface area (Å²) in [6.07, 6.45) is 0.443. The maximum absolute atomic E-state index is 11.4. The van der Waals surface area contributed by atoms with E-state index in [4.69, 9.17) is 0 Å². The molecule has 0 spiro atoms. The molecule has 3 nitrogen and oxygen atoms in total. The molecule has 0 aromatic heterocycles. The van der Waals surface area contributed by atoms with Crippen LogP contribution in [0.4, 0.5) is 0 Å². The molecule has 0 bridgehead atoms. The molecule has 1 aliphatic heterocycles. The van der Waals surface area contributed by atoms with E-state index in [0.29, 0.717) is 18.7 Å². The molecule has 1 amide bonds. The molecule has 15 heavy (non-hydrogen) atoms. The molecule has 1 fully saturated rings. The first-order chi connectivity index (χ1) is 7.27. The van der Waals surface area contributed by atoms with E-state index in [0.717, 1.165) is 4.90 Å². The largest absolute Gasteiger partial charge is 0.373 e. The van der Waals surface area contributed by atoms with Crippen LogP contribution in [0.5, 0.6) is 0 Å². The Morgan fingerprint density at radius 2 is 2.13 bits per heavy atom. The minimum Gasteiger partial charge on any atom is -0.373 e. The fourth-order valence-corrected chi connectivity index (χ4v) is 2.49. The summed E-state index contributed by atoms with van der Waals surface area (Å²) >= 11 is 1.57. The van der Waals surface area contributed by atoms with Crippen LogP contribution in [0.1, 0.15) is 12.8 Å². The van der Waals surface area contributed by atoms with Crippen molar-refractivity contribution < 1.29 is 9.90 Å². The second-order valence-corrected chi connectivity index (χ2v) is 4.49. The summed E-state index contributed by atoms with van der Waals surface area (Å²) in [6, 6.07) is 9.88. The number of hydrogen-bond acceptors (Lipinski definition) is 3. The van der Waals surface area contributed by atoms with Crippen molar-refractivity contribution in [3.8, 4) is 0 Å². The monoisotopic (exact) mass is 223 g/mol. The van der Waals surface area contributed by atoms with Crippen molar-refractivity contribution in [3.63, 3.8) is 0 Å². The number of likely N-dealkylation sites (tertiary alicyclic amines) is 1. The van der Waals surface area contributed by atoms with Crippen LogP contribution in [-0.4, -0.2) is 28.0 Å². The zero-order chi connectivity index (χ0) is 10.7. The number of carbonyl (C=O) groups is 1. The summed E-state index contributed by atoms with van der Waals surface area (Å²) in [5.41, 5.74) is 0. The van der Waals surface area contributed by atoms with Gasteiger partial charge in [-0.1, -0.05) is 18.2 Å². The molecular weight excluding hydrogens is 210 g/mol. The zero-order valence-electron chi connectivity index (χ0n) is 8.30. The molecule has 0 saturated carbocycles. The summed E-state index contributed by atoms with van der Waals surface area (Å²) in [6.45, 7) is 0. The molecular formula is C11H13NO2S. The van der Waals surface area contributed by atoms with Crippen molar-refractivity contribution in [3.05, 3.63) is 30.3 Å². The van der Waals surface area contributed by atoms with Gasteiger partial charge in [0.2, 0.25) is 5.91 Å². The van der Waals surface area contributed by atoms with Crippen LogP contribution in [-0.2, 0) is 4.79 Å². The Morgan fingerprint density at radius 3 is 2.73 bits per heavy atom. The predicted octanol–water partition coefficient (Wildman–Crippen LogP) is 1.68. The third-order valence-corrected chi connectivity index (χ3v) is 3.42. The van der Waals surface area contributed by atoms with Gasteiger partial charge in [-0.15, -0.1) is 11.8 Å². The molecule has 80 valence electrons. The lowest BCUT2D eigenvalue weighted by molar-refractivity contribution is -0.131. The Kier molecular flexibility index (Phi) is 3.28. The number of aliphatic hydroxyl groups excluding tert-OH is 1. The Labute approximate surface area is 93.1 Å². The van der Waals surface area contributed by atoms with Crippen LogP contribution in [0.25, 0.3) is 0 Å². The Hall–Kier alpha value is -1.00. The fourth-order valence-electron chi connectivity index (χ4n) is 1.54. The number of amides is 1. The third-order valence-electron chi connectivity index (χ3n) is 2.41. The molecule has 2 rings (SSSR count). The standard InChI is InChI=1S/C11H13NO2S/c13-10-6-7-11(14)12(10)8-15-9-4-2-1-3-5-9/h1-5,10,13H,6-8H2. The van der Waals surface area contributed by atoms with E-state index in [-0.39, 0.29) is 5.91 Å². The summed E-state index contributed by atoms with van der Waals surface area (Å²) in [5.74, 6) is 0.579. The van der Waals surface area contributed by atoms with Crippen LogP contribution in [0, 0.1) is 0 Å². The first-order valence-electron chi connectivity index (χ1n) is 4.93. The van der Waals surface area contributed by atoms with Gasteiger partial charge >= 0.3 is 0 Å². The smallest absolute Gasteiger partial charge is 0.225 e. The molecule has 1 heterocycles. The highest BCUT2D eigenvalue weighted by Gasteiger charge is 2.28. The minimum absolute atomic E-state index is 0.0472. The molecule has 1 N–H and O–H groups in total. The Morgan fingerprint density at radius 1 is 1.40 bits per heavy atom. The van der Waals surface area contributed by atoms with Crippen molar-refractivity contribution in [1.29, 1.82) is 0 Å². The van der Waals surface area contributed by atoms with E-state index in [1.807, 2.05) is 30.3 Å². The molecule has 1 atom stereocenters. The number of rotatable bonds is 3. The lowest BCUT2D eigenvalue weighted by Gasteiger charge is -2.19. The molecule has 1 aromatic carbocycles. The van der Waals surface area contributed by atoms with E-state index >= 15 is 0 Å². The van der Waals surface area contributed by atoms with Gasteiger partial charge in [0.15, 0.2) is 0 Å². The Bertz CT molecular complexity index is 342. The first-order valence-corrected chi connectivity index (χ1v) is 5.91. The van der Waals surface area contributed by atoms with Crippen molar-refractivity contribution in [2.24, 2.45) is 0 Å². The maximum atomic E-state index is 11.4. The summed E-state index contributed by atoms with van der Waals surface area (Å²) in [4.78, 5) is 14.0.